The van der Waals surface area contributed by atoms with E-state index in [2.05, 4.69) is 57.2 Å². The Morgan fingerprint density at radius 3 is 1.04 bits per heavy atom. The van der Waals surface area contributed by atoms with Crippen LogP contribution in [0.4, 0.5) is 0 Å². The maximum atomic E-state index is 12.6. The van der Waals surface area contributed by atoms with Gasteiger partial charge in [0, 0.05) is 19.3 Å². The zero-order chi connectivity index (χ0) is 35.2. The number of rotatable bonds is 35. The van der Waals surface area contributed by atoms with Crippen LogP contribution in [0.2, 0.25) is 0 Å². The molecule has 0 heterocycles. The molecule has 0 fully saturated rings. The van der Waals surface area contributed by atoms with Gasteiger partial charge in [0.1, 0.15) is 13.2 Å². The molecule has 0 amide bonds. The number of unbranched alkanes of at least 4 members (excludes halogenated alkanes) is 18. The summed E-state index contributed by atoms with van der Waals surface area (Å²) in [5, 5.41) is 0. The average molecular weight is 675 g/mol. The largest absolute Gasteiger partial charge is 0.462 e. The summed E-state index contributed by atoms with van der Waals surface area (Å²) in [4.78, 5) is 37.4. The van der Waals surface area contributed by atoms with Crippen molar-refractivity contribution in [3.63, 3.8) is 0 Å². The van der Waals surface area contributed by atoms with Crippen molar-refractivity contribution in [1.29, 1.82) is 0 Å². The Balaban J connectivity index is 4.41. The SMILES string of the molecule is CCC/C=C\CCCCCCCC(=O)OCC(COC(=O)CCCCCCC/C=C\CCC)OC(=O)CCCCCCC/C=C\CCC. The van der Waals surface area contributed by atoms with Gasteiger partial charge in [-0.05, 0) is 77.0 Å². The highest BCUT2D eigenvalue weighted by atomic mass is 16.6. The Morgan fingerprint density at radius 1 is 0.396 bits per heavy atom. The van der Waals surface area contributed by atoms with Gasteiger partial charge in [0.25, 0.3) is 0 Å². The summed E-state index contributed by atoms with van der Waals surface area (Å²) in [6.07, 6.45) is 39.9. The van der Waals surface area contributed by atoms with Crippen molar-refractivity contribution in [2.75, 3.05) is 13.2 Å². The lowest BCUT2D eigenvalue weighted by Gasteiger charge is -2.18. The van der Waals surface area contributed by atoms with Crippen LogP contribution in [0.15, 0.2) is 36.5 Å². The molecule has 0 N–H and O–H groups in total. The van der Waals surface area contributed by atoms with Crippen LogP contribution in [-0.4, -0.2) is 37.2 Å². The molecule has 0 aliphatic rings. The number of ether oxygens (including phenoxy) is 3. The monoisotopic (exact) mass is 675 g/mol. The zero-order valence-corrected chi connectivity index (χ0v) is 31.5. The highest BCUT2D eigenvalue weighted by Gasteiger charge is 2.19. The predicted molar refractivity (Wildman–Crippen MR) is 201 cm³/mol. The first-order chi connectivity index (χ1) is 23.5. The van der Waals surface area contributed by atoms with Gasteiger partial charge in [-0.1, -0.05) is 134 Å². The number of carbonyl (C=O) groups is 3. The van der Waals surface area contributed by atoms with Crippen molar-refractivity contribution in [3.05, 3.63) is 36.5 Å². The molecule has 48 heavy (non-hydrogen) atoms. The molecule has 0 aliphatic heterocycles. The lowest BCUT2D eigenvalue weighted by molar-refractivity contribution is -0.167. The van der Waals surface area contributed by atoms with Gasteiger partial charge in [0.2, 0.25) is 0 Å². The maximum Gasteiger partial charge on any atom is 0.306 e. The Kier molecular flexibility index (Phi) is 35.6. The van der Waals surface area contributed by atoms with Crippen LogP contribution in [-0.2, 0) is 28.6 Å². The zero-order valence-electron chi connectivity index (χ0n) is 31.5. The fourth-order valence-corrected chi connectivity index (χ4v) is 5.27. The van der Waals surface area contributed by atoms with Crippen LogP contribution in [0.1, 0.15) is 194 Å². The molecule has 0 rings (SSSR count). The molecule has 0 saturated heterocycles. The van der Waals surface area contributed by atoms with Crippen molar-refractivity contribution >= 4 is 17.9 Å². The molecule has 0 atom stereocenters. The van der Waals surface area contributed by atoms with Crippen LogP contribution in [0.3, 0.4) is 0 Å². The van der Waals surface area contributed by atoms with Crippen LogP contribution in [0, 0.1) is 0 Å². The smallest absolute Gasteiger partial charge is 0.306 e. The Labute approximate surface area is 295 Å². The summed E-state index contributed by atoms with van der Waals surface area (Å²) in [5.41, 5.74) is 0. The molecule has 0 unspecified atom stereocenters. The quantitative estimate of drug-likeness (QED) is 0.0288. The molecule has 0 aromatic heterocycles. The van der Waals surface area contributed by atoms with E-state index < -0.39 is 6.10 Å². The van der Waals surface area contributed by atoms with E-state index in [4.69, 9.17) is 14.2 Å². The third kappa shape index (κ3) is 35.0. The van der Waals surface area contributed by atoms with Crippen molar-refractivity contribution in [2.24, 2.45) is 0 Å². The molecule has 278 valence electrons. The van der Waals surface area contributed by atoms with Crippen LogP contribution < -0.4 is 0 Å². The molecule has 6 heteroatoms. The van der Waals surface area contributed by atoms with E-state index in [0.717, 1.165) is 103 Å². The molecule has 0 aliphatic carbocycles. The first-order valence-electron chi connectivity index (χ1n) is 20.0. The number of hydrogen-bond acceptors (Lipinski definition) is 6. The van der Waals surface area contributed by atoms with Crippen LogP contribution >= 0.6 is 0 Å². The Morgan fingerprint density at radius 2 is 0.688 bits per heavy atom. The molecule has 0 spiro atoms. The lowest BCUT2D eigenvalue weighted by atomic mass is 10.1. The van der Waals surface area contributed by atoms with Crippen LogP contribution in [0.5, 0.6) is 0 Å². The van der Waals surface area contributed by atoms with Crippen molar-refractivity contribution in [3.8, 4) is 0 Å². The first kappa shape index (κ1) is 45.6. The Bertz CT molecular complexity index is 784. The maximum absolute atomic E-state index is 12.6. The number of hydrogen-bond donors (Lipinski definition) is 0. The summed E-state index contributed by atoms with van der Waals surface area (Å²) >= 11 is 0. The van der Waals surface area contributed by atoms with E-state index in [1.807, 2.05) is 0 Å². The molecule has 6 nitrogen and oxygen atoms in total. The van der Waals surface area contributed by atoms with Crippen molar-refractivity contribution < 1.29 is 28.6 Å². The molecular weight excluding hydrogens is 600 g/mol. The van der Waals surface area contributed by atoms with E-state index >= 15 is 0 Å². The van der Waals surface area contributed by atoms with E-state index in [1.165, 1.54) is 51.4 Å². The first-order valence-corrected chi connectivity index (χ1v) is 20.0. The van der Waals surface area contributed by atoms with Gasteiger partial charge in [0.05, 0.1) is 0 Å². The summed E-state index contributed by atoms with van der Waals surface area (Å²) in [5.74, 6) is -0.922. The van der Waals surface area contributed by atoms with Gasteiger partial charge >= 0.3 is 17.9 Å². The third-order valence-corrected chi connectivity index (χ3v) is 8.28. The minimum absolute atomic E-state index is 0.0831. The fraction of sp³-hybridized carbons (Fsp3) is 0.786. The molecule has 0 radical (unpaired) electrons. The second kappa shape index (κ2) is 37.4. The van der Waals surface area contributed by atoms with E-state index in [-0.39, 0.29) is 31.1 Å². The standard InChI is InChI=1S/C42H74O6/c1-4-7-10-13-16-19-22-25-28-31-34-40(43)46-37-39(48-42(45)36-33-30-27-24-21-18-15-12-9-6-3)38-47-41(44)35-32-29-26-23-20-17-14-11-8-5-2/h10-15,39H,4-9,16-38H2,1-3H3/b13-10-,14-11-,15-12-. The second-order valence-corrected chi connectivity index (χ2v) is 13.2. The topological polar surface area (TPSA) is 78.9 Å². The van der Waals surface area contributed by atoms with Crippen molar-refractivity contribution in [2.45, 2.75) is 200 Å². The van der Waals surface area contributed by atoms with Gasteiger partial charge in [0.15, 0.2) is 6.10 Å². The van der Waals surface area contributed by atoms with Gasteiger partial charge in [-0.25, -0.2) is 0 Å². The molecule has 0 aromatic rings. The van der Waals surface area contributed by atoms with Gasteiger partial charge in [-0.3, -0.25) is 14.4 Å². The number of carbonyl (C=O) groups excluding carboxylic acids is 3. The minimum atomic E-state index is -0.776. The lowest BCUT2D eigenvalue weighted by Crippen LogP contribution is -2.30. The Hall–Kier alpha value is -2.37. The molecular formula is C42H74O6. The number of allylic oxidation sites excluding steroid dienone is 6. The summed E-state index contributed by atoms with van der Waals surface area (Å²) in [7, 11) is 0. The average Bonchev–Trinajstić information content (AvgIpc) is 3.08. The second-order valence-electron chi connectivity index (χ2n) is 13.2. The number of esters is 3. The van der Waals surface area contributed by atoms with Crippen molar-refractivity contribution in [1.82, 2.24) is 0 Å². The molecule has 0 saturated carbocycles. The fourth-order valence-electron chi connectivity index (χ4n) is 5.27. The van der Waals surface area contributed by atoms with E-state index in [9.17, 15) is 14.4 Å². The molecule has 0 aromatic carbocycles. The third-order valence-electron chi connectivity index (χ3n) is 8.28. The van der Waals surface area contributed by atoms with Crippen LogP contribution in [0.25, 0.3) is 0 Å². The van der Waals surface area contributed by atoms with E-state index in [1.54, 1.807) is 0 Å². The summed E-state index contributed by atoms with van der Waals surface area (Å²) < 4.78 is 16.6. The van der Waals surface area contributed by atoms with Gasteiger partial charge in [-0.15, -0.1) is 0 Å². The highest BCUT2D eigenvalue weighted by Crippen LogP contribution is 2.13. The summed E-state index contributed by atoms with van der Waals surface area (Å²) in [6.45, 7) is 6.40. The van der Waals surface area contributed by atoms with Gasteiger partial charge < -0.3 is 14.2 Å². The normalized spacial score (nSPS) is 11.8. The predicted octanol–water partition coefficient (Wildman–Crippen LogP) is 12.2. The minimum Gasteiger partial charge on any atom is -0.462 e. The van der Waals surface area contributed by atoms with E-state index in [0.29, 0.717) is 19.3 Å². The molecule has 0 bridgehead atoms. The summed E-state index contributed by atoms with van der Waals surface area (Å²) in [6, 6.07) is 0. The highest BCUT2D eigenvalue weighted by molar-refractivity contribution is 5.71. The van der Waals surface area contributed by atoms with Gasteiger partial charge in [-0.2, -0.15) is 0 Å².